The molecule has 1 N–H and O–H groups in total. The van der Waals surface area contributed by atoms with Crippen LogP contribution >= 0.6 is 0 Å². The van der Waals surface area contributed by atoms with Crippen molar-refractivity contribution in [2.45, 2.75) is 13.0 Å². The van der Waals surface area contributed by atoms with E-state index >= 15 is 0 Å². The second-order valence-electron chi connectivity index (χ2n) is 4.32. The molecule has 0 radical (unpaired) electrons. The van der Waals surface area contributed by atoms with Gasteiger partial charge in [-0.05, 0) is 25.1 Å². The van der Waals surface area contributed by atoms with Crippen molar-refractivity contribution in [3.8, 4) is 0 Å². The van der Waals surface area contributed by atoms with Gasteiger partial charge >= 0.3 is 5.97 Å². The topological polar surface area (TPSA) is 112 Å². The second-order valence-corrected chi connectivity index (χ2v) is 4.32. The summed E-state index contributed by atoms with van der Waals surface area (Å²) in [6.45, 7) is 1.38. The number of amides is 1. The van der Waals surface area contributed by atoms with Crippen LogP contribution in [0.1, 0.15) is 17.5 Å². The molecule has 1 aromatic heterocycles. The van der Waals surface area contributed by atoms with Gasteiger partial charge in [-0.3, -0.25) is 14.9 Å². The Labute approximate surface area is 124 Å². The zero-order valence-electron chi connectivity index (χ0n) is 11.5. The number of carbonyl (C=O) groups is 2. The van der Waals surface area contributed by atoms with Crippen molar-refractivity contribution in [2.75, 3.05) is 5.32 Å². The number of furan rings is 1. The molecule has 0 saturated carbocycles. The molecule has 8 nitrogen and oxygen atoms in total. The molecule has 0 aliphatic rings. The highest BCUT2D eigenvalue weighted by atomic mass is 16.6. The normalized spacial score (nSPS) is 11.5. The molecule has 1 atom stereocenters. The Balaban J connectivity index is 1.98. The van der Waals surface area contributed by atoms with Crippen LogP contribution in [0.5, 0.6) is 0 Å². The third kappa shape index (κ3) is 3.69. The molecule has 1 unspecified atom stereocenters. The van der Waals surface area contributed by atoms with Gasteiger partial charge in [0.2, 0.25) is 5.76 Å². The Morgan fingerprint density at radius 1 is 1.32 bits per heavy atom. The molecule has 22 heavy (non-hydrogen) atoms. The van der Waals surface area contributed by atoms with Gasteiger partial charge in [0.25, 0.3) is 11.6 Å². The average Bonchev–Trinajstić information content (AvgIpc) is 3.01. The van der Waals surface area contributed by atoms with E-state index in [2.05, 4.69) is 5.32 Å². The monoisotopic (exact) mass is 304 g/mol. The molecule has 0 aliphatic heterocycles. The van der Waals surface area contributed by atoms with Crippen LogP contribution in [-0.4, -0.2) is 22.9 Å². The standard InChI is InChI=1S/C14H12N2O6/c1-9(22-14(18)12-6-3-7-21-12)13(17)15-10-4-2-5-11(8-10)16(19)20/h2-9H,1H3,(H,15,17). The highest BCUT2D eigenvalue weighted by Gasteiger charge is 2.21. The van der Waals surface area contributed by atoms with E-state index in [9.17, 15) is 19.7 Å². The summed E-state index contributed by atoms with van der Waals surface area (Å²) in [6, 6.07) is 8.37. The second kappa shape index (κ2) is 6.53. The number of esters is 1. The molecule has 1 aromatic carbocycles. The van der Waals surface area contributed by atoms with Crippen LogP contribution in [0.3, 0.4) is 0 Å². The molecular formula is C14H12N2O6. The van der Waals surface area contributed by atoms with Crippen LogP contribution in [0.25, 0.3) is 0 Å². The first kappa shape index (κ1) is 15.2. The third-order valence-electron chi connectivity index (χ3n) is 2.70. The van der Waals surface area contributed by atoms with Crippen molar-refractivity contribution >= 4 is 23.3 Å². The van der Waals surface area contributed by atoms with Gasteiger partial charge in [-0.25, -0.2) is 4.79 Å². The fourth-order valence-electron chi connectivity index (χ4n) is 1.61. The van der Waals surface area contributed by atoms with Crippen molar-refractivity contribution < 1.29 is 23.7 Å². The maximum absolute atomic E-state index is 11.9. The molecule has 114 valence electrons. The van der Waals surface area contributed by atoms with E-state index in [-0.39, 0.29) is 17.1 Å². The van der Waals surface area contributed by atoms with Crippen molar-refractivity contribution in [3.63, 3.8) is 0 Å². The number of carbonyl (C=O) groups excluding carboxylic acids is 2. The Hall–Kier alpha value is -3.16. The minimum absolute atomic E-state index is 0.0185. The van der Waals surface area contributed by atoms with Gasteiger partial charge in [-0.15, -0.1) is 0 Å². The van der Waals surface area contributed by atoms with Gasteiger partial charge in [0.15, 0.2) is 6.10 Å². The highest BCUT2D eigenvalue weighted by molar-refractivity contribution is 5.96. The van der Waals surface area contributed by atoms with Crippen LogP contribution in [0.15, 0.2) is 47.1 Å². The van der Waals surface area contributed by atoms with Crippen molar-refractivity contribution in [3.05, 3.63) is 58.5 Å². The van der Waals surface area contributed by atoms with E-state index in [1.165, 1.54) is 49.6 Å². The number of ether oxygens (including phenoxy) is 1. The predicted octanol–water partition coefficient (Wildman–Crippen LogP) is 2.37. The van der Waals surface area contributed by atoms with E-state index in [0.29, 0.717) is 0 Å². The molecule has 1 heterocycles. The summed E-state index contributed by atoms with van der Waals surface area (Å²) in [5.41, 5.74) is 0.0816. The summed E-state index contributed by atoms with van der Waals surface area (Å²) in [6.07, 6.45) is 0.224. The lowest BCUT2D eigenvalue weighted by Crippen LogP contribution is -2.29. The Morgan fingerprint density at radius 3 is 2.73 bits per heavy atom. The molecule has 1 amide bonds. The number of non-ortho nitro benzene ring substituents is 1. The maximum atomic E-state index is 11.9. The molecule has 0 saturated heterocycles. The number of nitrogens with zero attached hydrogens (tertiary/aromatic N) is 1. The quantitative estimate of drug-likeness (QED) is 0.515. The molecule has 2 aromatic rings. The largest absolute Gasteiger partial charge is 0.457 e. The van der Waals surface area contributed by atoms with Crippen molar-refractivity contribution in [2.24, 2.45) is 0 Å². The Morgan fingerprint density at radius 2 is 2.09 bits per heavy atom. The minimum atomic E-state index is -1.09. The molecule has 2 rings (SSSR count). The van der Waals surface area contributed by atoms with E-state index in [0.717, 1.165) is 0 Å². The van der Waals surface area contributed by atoms with Crippen molar-refractivity contribution in [1.29, 1.82) is 0 Å². The predicted molar refractivity (Wildman–Crippen MR) is 75.3 cm³/mol. The molecular weight excluding hydrogens is 292 g/mol. The summed E-state index contributed by atoms with van der Waals surface area (Å²) in [5.74, 6) is -1.40. The van der Waals surface area contributed by atoms with Gasteiger partial charge < -0.3 is 14.5 Å². The zero-order valence-corrected chi connectivity index (χ0v) is 11.5. The Bertz CT molecular complexity index is 695. The van der Waals surface area contributed by atoms with E-state index in [1.54, 1.807) is 0 Å². The van der Waals surface area contributed by atoms with Crippen molar-refractivity contribution in [1.82, 2.24) is 0 Å². The number of nitro groups is 1. The molecule has 0 spiro atoms. The van der Waals surface area contributed by atoms with E-state index in [1.807, 2.05) is 0 Å². The zero-order chi connectivity index (χ0) is 16.1. The number of hydrogen-bond donors (Lipinski definition) is 1. The van der Waals surface area contributed by atoms with Crippen LogP contribution < -0.4 is 5.32 Å². The summed E-state index contributed by atoms with van der Waals surface area (Å²) in [7, 11) is 0. The molecule has 0 aliphatic carbocycles. The van der Waals surface area contributed by atoms with Crippen LogP contribution in [0, 0.1) is 10.1 Å². The summed E-state index contributed by atoms with van der Waals surface area (Å²) in [4.78, 5) is 33.6. The molecule has 0 bridgehead atoms. The van der Waals surface area contributed by atoms with E-state index < -0.39 is 22.9 Å². The van der Waals surface area contributed by atoms with Gasteiger partial charge in [-0.1, -0.05) is 6.07 Å². The summed E-state index contributed by atoms with van der Waals surface area (Å²) < 4.78 is 9.78. The lowest BCUT2D eigenvalue weighted by Gasteiger charge is -2.12. The third-order valence-corrected chi connectivity index (χ3v) is 2.70. The molecule has 8 heteroatoms. The number of nitro benzene ring substituents is 1. The highest BCUT2D eigenvalue weighted by Crippen LogP contribution is 2.17. The maximum Gasteiger partial charge on any atom is 0.374 e. The van der Waals surface area contributed by atoms with Gasteiger partial charge in [0, 0.05) is 17.8 Å². The first-order valence-corrected chi connectivity index (χ1v) is 6.27. The van der Waals surface area contributed by atoms with Crippen LogP contribution in [0.2, 0.25) is 0 Å². The van der Waals surface area contributed by atoms with Crippen LogP contribution in [0.4, 0.5) is 11.4 Å². The minimum Gasteiger partial charge on any atom is -0.457 e. The number of nitrogens with one attached hydrogen (secondary N) is 1. The van der Waals surface area contributed by atoms with E-state index in [4.69, 9.17) is 9.15 Å². The SMILES string of the molecule is CC(OC(=O)c1ccco1)C(=O)Nc1cccc([N+](=O)[O-])c1. The van der Waals surface area contributed by atoms with Gasteiger partial charge in [0.05, 0.1) is 11.2 Å². The number of rotatable bonds is 5. The lowest BCUT2D eigenvalue weighted by atomic mass is 10.2. The fraction of sp³-hybridized carbons (Fsp3) is 0.143. The van der Waals surface area contributed by atoms with Gasteiger partial charge in [0.1, 0.15) is 0 Å². The van der Waals surface area contributed by atoms with Gasteiger partial charge in [-0.2, -0.15) is 0 Å². The number of benzene rings is 1. The summed E-state index contributed by atoms with van der Waals surface area (Å²) in [5, 5.41) is 13.1. The Kier molecular flexibility index (Phi) is 4.52. The smallest absolute Gasteiger partial charge is 0.374 e. The number of hydrogen-bond acceptors (Lipinski definition) is 6. The number of anilines is 1. The fourth-order valence-corrected chi connectivity index (χ4v) is 1.61. The molecule has 0 fully saturated rings. The summed E-state index contributed by atoms with van der Waals surface area (Å²) >= 11 is 0. The average molecular weight is 304 g/mol. The first-order valence-electron chi connectivity index (χ1n) is 6.27. The van der Waals surface area contributed by atoms with Crippen LogP contribution in [-0.2, 0) is 9.53 Å². The lowest BCUT2D eigenvalue weighted by molar-refractivity contribution is -0.384. The first-order chi connectivity index (χ1) is 10.5.